The topological polar surface area (TPSA) is 83.5 Å². The first kappa shape index (κ1) is 23.6. The number of rotatable bonds is 12. The van der Waals surface area contributed by atoms with Gasteiger partial charge in [-0.1, -0.05) is 58.3 Å². The normalized spacial score (nSPS) is 12.5. The Labute approximate surface area is 151 Å². The van der Waals surface area contributed by atoms with Crippen molar-refractivity contribution < 1.29 is 17.8 Å². The molecular weight excluding hydrogens is 301 g/mol. The van der Waals surface area contributed by atoms with Gasteiger partial charge in [-0.3, -0.25) is 9.35 Å². The van der Waals surface area contributed by atoms with E-state index in [2.05, 4.69) is 12.2 Å². The van der Waals surface area contributed by atoms with Crippen molar-refractivity contribution in [1.29, 1.82) is 0 Å². The summed E-state index contributed by atoms with van der Waals surface area (Å²) < 4.78 is 30.2. The van der Waals surface area contributed by atoms with Gasteiger partial charge in [0.2, 0.25) is 5.91 Å². The van der Waals surface area contributed by atoms with Crippen LogP contribution in [0.5, 0.6) is 0 Å². The van der Waals surface area contributed by atoms with Gasteiger partial charge < -0.3 is 5.32 Å². The first-order chi connectivity index (χ1) is 9.38. The summed E-state index contributed by atoms with van der Waals surface area (Å²) in [6, 6.07) is 0. The van der Waals surface area contributed by atoms with E-state index < -0.39 is 15.5 Å². The van der Waals surface area contributed by atoms with Crippen LogP contribution in [0.2, 0.25) is 0 Å². The molecule has 5 nitrogen and oxygen atoms in total. The minimum absolute atomic E-state index is 0. The van der Waals surface area contributed by atoms with Crippen LogP contribution in [0.4, 0.5) is 0 Å². The van der Waals surface area contributed by atoms with E-state index in [0.717, 1.165) is 19.3 Å². The van der Waals surface area contributed by atoms with Crippen LogP contribution in [0.1, 0.15) is 78.1 Å². The molecule has 0 aliphatic rings. The molecule has 2 N–H and O–H groups in total. The van der Waals surface area contributed by atoms with Crippen LogP contribution in [0, 0.1) is 0 Å². The number of hydrogen-bond acceptors (Lipinski definition) is 3. The molecule has 1 amide bonds. The fraction of sp³-hybridized carbons (Fsp3) is 0.929. The van der Waals surface area contributed by atoms with Gasteiger partial charge in [0, 0.05) is 6.42 Å². The molecule has 0 aromatic carbocycles. The SMILES string of the molecule is CCCCCCCCCCCC(=O)NC(C)S(=O)(=O)O.[NaH]. The van der Waals surface area contributed by atoms with Gasteiger partial charge in [-0.05, 0) is 13.3 Å². The van der Waals surface area contributed by atoms with Crippen molar-refractivity contribution in [3.8, 4) is 0 Å². The van der Waals surface area contributed by atoms with Gasteiger partial charge in [0.15, 0.2) is 5.37 Å². The molecule has 1 unspecified atom stereocenters. The standard InChI is InChI=1S/C14H29NO4S.Na.H/c1-3-4-5-6-7-8-9-10-11-12-14(16)15-13(2)20(17,18)19;;/h13H,3-12H2,1-2H3,(H,15,16)(H,17,18,19);;. The van der Waals surface area contributed by atoms with Gasteiger partial charge in [0.25, 0.3) is 10.1 Å². The van der Waals surface area contributed by atoms with E-state index in [0.29, 0.717) is 6.42 Å². The van der Waals surface area contributed by atoms with Crippen LogP contribution in [0.15, 0.2) is 0 Å². The zero-order chi connectivity index (χ0) is 15.4. The minimum atomic E-state index is -4.18. The van der Waals surface area contributed by atoms with Crippen LogP contribution >= 0.6 is 0 Å². The van der Waals surface area contributed by atoms with Crippen molar-refractivity contribution in [2.45, 2.75) is 83.4 Å². The third-order valence-corrected chi connectivity index (χ3v) is 4.33. The van der Waals surface area contributed by atoms with Crippen LogP contribution in [0.3, 0.4) is 0 Å². The van der Waals surface area contributed by atoms with Crippen molar-refractivity contribution in [2.24, 2.45) is 0 Å². The number of unbranched alkanes of at least 4 members (excludes halogenated alkanes) is 8. The van der Waals surface area contributed by atoms with E-state index >= 15 is 0 Å². The Bertz CT molecular complexity index is 360. The Morgan fingerprint density at radius 1 is 1.00 bits per heavy atom. The Kier molecular flexibility index (Phi) is 15.8. The summed E-state index contributed by atoms with van der Waals surface area (Å²) in [5.74, 6) is -0.321. The van der Waals surface area contributed by atoms with Gasteiger partial charge in [0.1, 0.15) is 0 Å². The van der Waals surface area contributed by atoms with Crippen LogP contribution in [-0.2, 0) is 14.9 Å². The number of carbonyl (C=O) groups excluding carboxylic acids is 1. The summed E-state index contributed by atoms with van der Waals surface area (Å²) in [5.41, 5.74) is 0. The summed E-state index contributed by atoms with van der Waals surface area (Å²) in [7, 11) is -4.18. The van der Waals surface area contributed by atoms with Crippen molar-refractivity contribution in [3.05, 3.63) is 0 Å². The summed E-state index contributed by atoms with van der Waals surface area (Å²) >= 11 is 0. The van der Waals surface area contributed by atoms with Crippen molar-refractivity contribution in [3.63, 3.8) is 0 Å². The van der Waals surface area contributed by atoms with Gasteiger partial charge in [0.05, 0.1) is 0 Å². The predicted molar refractivity (Wildman–Crippen MR) is 88.1 cm³/mol. The quantitative estimate of drug-likeness (QED) is 0.327. The van der Waals surface area contributed by atoms with Crippen molar-refractivity contribution in [1.82, 2.24) is 5.32 Å². The fourth-order valence-corrected chi connectivity index (χ4v) is 2.25. The van der Waals surface area contributed by atoms with Gasteiger partial charge in [-0.2, -0.15) is 8.42 Å². The number of amides is 1. The van der Waals surface area contributed by atoms with Crippen LogP contribution in [0.25, 0.3) is 0 Å². The molecule has 0 radical (unpaired) electrons. The molecule has 0 heterocycles. The van der Waals surface area contributed by atoms with E-state index in [1.807, 2.05) is 0 Å². The molecule has 0 aromatic heterocycles. The summed E-state index contributed by atoms with van der Waals surface area (Å²) in [6.45, 7) is 3.46. The second kappa shape index (κ2) is 14.0. The average molecular weight is 331 g/mol. The third-order valence-electron chi connectivity index (χ3n) is 3.32. The molecule has 0 aromatic rings. The van der Waals surface area contributed by atoms with Crippen LogP contribution < -0.4 is 5.32 Å². The average Bonchev–Trinajstić information content (AvgIpc) is 2.35. The van der Waals surface area contributed by atoms with Gasteiger partial charge in [-0.15, -0.1) is 0 Å². The molecule has 0 spiro atoms. The van der Waals surface area contributed by atoms with Gasteiger partial charge >= 0.3 is 29.6 Å². The zero-order valence-electron chi connectivity index (χ0n) is 12.7. The number of carbonyl (C=O) groups is 1. The molecule has 21 heavy (non-hydrogen) atoms. The van der Waals surface area contributed by atoms with E-state index in [1.165, 1.54) is 45.4 Å². The first-order valence-electron chi connectivity index (χ1n) is 7.63. The number of hydrogen-bond donors (Lipinski definition) is 2. The summed E-state index contributed by atoms with van der Waals surface area (Å²) in [6.07, 6.45) is 10.8. The Hall–Kier alpha value is 0.380. The van der Waals surface area contributed by atoms with E-state index in [9.17, 15) is 13.2 Å². The summed E-state index contributed by atoms with van der Waals surface area (Å²) in [5, 5.41) is 1.04. The molecule has 0 fully saturated rings. The molecule has 1 atom stereocenters. The first-order valence-corrected chi connectivity index (χ1v) is 9.14. The summed E-state index contributed by atoms with van der Waals surface area (Å²) in [4.78, 5) is 11.4. The molecule has 0 rings (SSSR count). The maximum atomic E-state index is 11.4. The molecular formula is C14H30NNaO4S. The number of nitrogens with one attached hydrogen (secondary N) is 1. The fourth-order valence-electron chi connectivity index (χ4n) is 1.97. The van der Waals surface area contributed by atoms with Crippen molar-refractivity contribution in [2.75, 3.05) is 0 Å². The molecule has 0 aliphatic heterocycles. The Balaban J connectivity index is 0. The predicted octanol–water partition coefficient (Wildman–Crippen LogP) is 2.61. The van der Waals surface area contributed by atoms with Gasteiger partial charge in [-0.25, -0.2) is 0 Å². The molecule has 0 saturated heterocycles. The molecule has 7 heteroatoms. The second-order valence-corrected chi connectivity index (χ2v) is 7.04. The second-order valence-electron chi connectivity index (χ2n) is 5.30. The van der Waals surface area contributed by atoms with E-state index in [-0.39, 0.29) is 35.5 Å². The monoisotopic (exact) mass is 331 g/mol. The van der Waals surface area contributed by atoms with Crippen LogP contribution in [-0.4, -0.2) is 53.8 Å². The zero-order valence-corrected chi connectivity index (χ0v) is 13.5. The molecule has 122 valence electrons. The molecule has 0 saturated carbocycles. The van der Waals surface area contributed by atoms with E-state index in [4.69, 9.17) is 4.55 Å². The third kappa shape index (κ3) is 15.1. The molecule has 0 bridgehead atoms. The Morgan fingerprint density at radius 2 is 1.43 bits per heavy atom. The Morgan fingerprint density at radius 3 is 1.86 bits per heavy atom. The van der Waals surface area contributed by atoms with Crippen molar-refractivity contribution >= 4 is 45.6 Å². The van der Waals surface area contributed by atoms with E-state index in [1.54, 1.807) is 0 Å². The maximum absolute atomic E-state index is 11.4. The molecule has 0 aliphatic carbocycles.